The summed E-state index contributed by atoms with van der Waals surface area (Å²) in [6.45, 7) is 0.702. The number of amides is 1. The van der Waals surface area contributed by atoms with Gasteiger partial charge in [-0.25, -0.2) is 0 Å². The summed E-state index contributed by atoms with van der Waals surface area (Å²) < 4.78 is 1.20. The highest BCUT2D eigenvalue weighted by Gasteiger charge is 2.06. The Kier molecular flexibility index (Phi) is 3.54. The highest BCUT2D eigenvalue weighted by atomic mass is 32.1. The van der Waals surface area contributed by atoms with E-state index in [1.165, 1.54) is 4.70 Å². The van der Waals surface area contributed by atoms with Gasteiger partial charge in [-0.2, -0.15) is 0 Å². The van der Waals surface area contributed by atoms with E-state index in [1.807, 2.05) is 30.6 Å². The predicted molar refractivity (Wildman–Crippen MR) is 69.0 cm³/mol. The van der Waals surface area contributed by atoms with Crippen LogP contribution in [-0.2, 0) is 4.79 Å². The molecule has 0 aliphatic heterocycles. The van der Waals surface area contributed by atoms with Crippen molar-refractivity contribution in [3.8, 4) is 0 Å². The molecule has 0 radical (unpaired) electrons. The van der Waals surface area contributed by atoms with Crippen molar-refractivity contribution >= 4 is 33.0 Å². The lowest BCUT2D eigenvalue weighted by molar-refractivity contribution is -0.116. The van der Waals surface area contributed by atoms with Crippen LogP contribution in [0.15, 0.2) is 29.6 Å². The van der Waals surface area contributed by atoms with E-state index in [9.17, 15) is 4.79 Å². The number of carbonyl (C=O) groups excluding carboxylic acids is 1. The lowest BCUT2D eigenvalue weighted by Crippen LogP contribution is -2.18. The molecule has 2 N–H and O–H groups in total. The average molecular weight is 234 g/mol. The van der Waals surface area contributed by atoms with Gasteiger partial charge in [0, 0.05) is 28.4 Å². The van der Waals surface area contributed by atoms with Gasteiger partial charge in [-0.05, 0) is 13.1 Å². The molecular formula is C12H14N2OS. The first-order valence-electron chi connectivity index (χ1n) is 5.22. The van der Waals surface area contributed by atoms with Gasteiger partial charge in [0.2, 0.25) is 5.91 Å². The molecule has 4 heteroatoms. The second kappa shape index (κ2) is 5.09. The molecule has 84 valence electrons. The van der Waals surface area contributed by atoms with Crippen LogP contribution in [0.2, 0.25) is 0 Å². The lowest BCUT2D eigenvalue weighted by Gasteiger charge is -2.03. The van der Waals surface area contributed by atoms with Crippen LogP contribution in [-0.4, -0.2) is 19.5 Å². The molecule has 0 aliphatic carbocycles. The van der Waals surface area contributed by atoms with Crippen LogP contribution in [0.5, 0.6) is 0 Å². The van der Waals surface area contributed by atoms with Crippen molar-refractivity contribution in [3.05, 3.63) is 29.6 Å². The Hall–Kier alpha value is -1.39. The highest BCUT2D eigenvalue weighted by Crippen LogP contribution is 2.29. The van der Waals surface area contributed by atoms with Crippen LogP contribution >= 0.6 is 11.3 Å². The van der Waals surface area contributed by atoms with E-state index in [-0.39, 0.29) is 5.91 Å². The molecule has 1 amide bonds. The lowest BCUT2D eigenvalue weighted by atomic mass is 10.2. The Morgan fingerprint density at radius 1 is 1.38 bits per heavy atom. The van der Waals surface area contributed by atoms with Crippen molar-refractivity contribution in [2.24, 2.45) is 0 Å². The SMILES string of the molecule is CNCCC(=O)Nc1csc2ccccc12. The molecule has 1 aromatic heterocycles. The Labute approximate surface area is 98.5 Å². The maximum atomic E-state index is 11.6. The van der Waals surface area contributed by atoms with Crippen LogP contribution in [0.4, 0.5) is 5.69 Å². The Morgan fingerprint density at radius 2 is 2.19 bits per heavy atom. The smallest absolute Gasteiger partial charge is 0.225 e. The molecule has 16 heavy (non-hydrogen) atoms. The highest BCUT2D eigenvalue weighted by molar-refractivity contribution is 7.17. The fourth-order valence-electron chi connectivity index (χ4n) is 1.53. The van der Waals surface area contributed by atoms with E-state index in [0.29, 0.717) is 13.0 Å². The number of fused-ring (bicyclic) bond motifs is 1. The largest absolute Gasteiger partial charge is 0.325 e. The maximum Gasteiger partial charge on any atom is 0.225 e. The summed E-state index contributed by atoms with van der Waals surface area (Å²) in [7, 11) is 1.84. The number of hydrogen-bond donors (Lipinski definition) is 2. The molecule has 0 unspecified atom stereocenters. The number of rotatable bonds is 4. The van der Waals surface area contributed by atoms with Gasteiger partial charge >= 0.3 is 0 Å². The second-order valence-corrected chi connectivity index (χ2v) is 4.46. The average Bonchev–Trinajstić information content (AvgIpc) is 2.70. The van der Waals surface area contributed by atoms with Crippen LogP contribution in [0.3, 0.4) is 0 Å². The first-order chi connectivity index (χ1) is 7.81. The molecule has 0 fully saturated rings. The van der Waals surface area contributed by atoms with E-state index in [2.05, 4.69) is 16.7 Å². The normalized spacial score (nSPS) is 10.6. The summed E-state index contributed by atoms with van der Waals surface area (Å²) in [5.74, 6) is 0.0536. The third-order valence-corrected chi connectivity index (χ3v) is 3.32. The Balaban J connectivity index is 2.12. The van der Waals surface area contributed by atoms with Crippen LogP contribution in [0.25, 0.3) is 10.1 Å². The molecule has 1 aromatic carbocycles. The first-order valence-corrected chi connectivity index (χ1v) is 6.10. The molecule has 0 aliphatic rings. The third-order valence-electron chi connectivity index (χ3n) is 2.36. The zero-order valence-corrected chi connectivity index (χ0v) is 9.93. The minimum atomic E-state index is 0.0536. The van der Waals surface area contributed by atoms with Crippen molar-refractivity contribution in [1.29, 1.82) is 0 Å². The molecule has 0 bridgehead atoms. The minimum absolute atomic E-state index is 0.0536. The van der Waals surface area contributed by atoms with Crippen molar-refractivity contribution in [3.63, 3.8) is 0 Å². The number of hydrogen-bond acceptors (Lipinski definition) is 3. The number of anilines is 1. The zero-order valence-electron chi connectivity index (χ0n) is 9.12. The van der Waals surface area contributed by atoms with Crippen LogP contribution < -0.4 is 10.6 Å². The summed E-state index contributed by atoms with van der Waals surface area (Å²) in [6.07, 6.45) is 0.501. The Morgan fingerprint density at radius 3 is 3.00 bits per heavy atom. The van der Waals surface area contributed by atoms with Crippen molar-refractivity contribution < 1.29 is 4.79 Å². The zero-order chi connectivity index (χ0) is 11.4. The molecule has 1 heterocycles. The number of thiophene rings is 1. The van der Waals surface area contributed by atoms with Gasteiger partial charge in [0.05, 0.1) is 5.69 Å². The fourth-order valence-corrected chi connectivity index (χ4v) is 2.42. The predicted octanol–water partition coefficient (Wildman–Crippen LogP) is 2.45. The summed E-state index contributed by atoms with van der Waals surface area (Å²) >= 11 is 1.65. The third kappa shape index (κ3) is 2.40. The Bertz CT molecular complexity index is 492. The monoisotopic (exact) mass is 234 g/mol. The quantitative estimate of drug-likeness (QED) is 0.853. The van der Waals surface area contributed by atoms with Crippen molar-refractivity contribution in [1.82, 2.24) is 5.32 Å². The summed E-state index contributed by atoms with van der Waals surface area (Å²) in [6, 6.07) is 8.08. The van der Waals surface area contributed by atoms with E-state index in [4.69, 9.17) is 0 Å². The van der Waals surface area contributed by atoms with E-state index >= 15 is 0 Å². The van der Waals surface area contributed by atoms with E-state index in [1.54, 1.807) is 11.3 Å². The number of carbonyl (C=O) groups is 1. The molecule has 0 atom stereocenters. The molecule has 2 rings (SSSR count). The summed E-state index contributed by atoms with van der Waals surface area (Å²) in [5, 5.41) is 8.99. The van der Waals surface area contributed by atoms with Gasteiger partial charge in [-0.1, -0.05) is 18.2 Å². The number of benzene rings is 1. The van der Waals surface area contributed by atoms with Gasteiger partial charge in [0.25, 0.3) is 0 Å². The summed E-state index contributed by atoms with van der Waals surface area (Å²) in [4.78, 5) is 11.6. The van der Waals surface area contributed by atoms with E-state index in [0.717, 1.165) is 11.1 Å². The molecule has 0 spiro atoms. The maximum absolute atomic E-state index is 11.6. The fraction of sp³-hybridized carbons (Fsp3) is 0.250. The minimum Gasteiger partial charge on any atom is -0.325 e. The van der Waals surface area contributed by atoms with Gasteiger partial charge in [-0.15, -0.1) is 11.3 Å². The van der Waals surface area contributed by atoms with Crippen molar-refractivity contribution in [2.45, 2.75) is 6.42 Å². The van der Waals surface area contributed by atoms with Gasteiger partial charge in [0.15, 0.2) is 0 Å². The standard InChI is InChI=1S/C12H14N2OS/c1-13-7-6-12(15)14-10-8-16-11-5-3-2-4-9(10)11/h2-5,8,13H,6-7H2,1H3,(H,14,15). The second-order valence-electron chi connectivity index (χ2n) is 3.55. The first kappa shape index (κ1) is 11.1. The van der Waals surface area contributed by atoms with Gasteiger partial charge in [-0.3, -0.25) is 4.79 Å². The van der Waals surface area contributed by atoms with Gasteiger partial charge < -0.3 is 10.6 Å². The van der Waals surface area contributed by atoms with Gasteiger partial charge in [0.1, 0.15) is 0 Å². The molecule has 2 aromatic rings. The topological polar surface area (TPSA) is 41.1 Å². The summed E-state index contributed by atoms with van der Waals surface area (Å²) in [5.41, 5.74) is 0.918. The van der Waals surface area contributed by atoms with Crippen LogP contribution in [0, 0.1) is 0 Å². The molecule has 0 saturated carbocycles. The molecular weight excluding hydrogens is 220 g/mol. The van der Waals surface area contributed by atoms with Crippen LogP contribution in [0.1, 0.15) is 6.42 Å². The number of nitrogens with one attached hydrogen (secondary N) is 2. The molecule has 3 nitrogen and oxygen atoms in total. The van der Waals surface area contributed by atoms with Crippen molar-refractivity contribution in [2.75, 3.05) is 18.9 Å². The van der Waals surface area contributed by atoms with E-state index < -0.39 is 0 Å². The molecule has 0 saturated heterocycles.